The van der Waals surface area contributed by atoms with E-state index in [9.17, 15) is 0 Å². The Kier molecular flexibility index (Phi) is 0.887. The van der Waals surface area contributed by atoms with E-state index in [1.54, 1.807) is 23.0 Å². The summed E-state index contributed by atoms with van der Waals surface area (Å²) in [4.78, 5) is 3.90. The first-order valence-electron chi connectivity index (χ1n) is 2.83. The second kappa shape index (κ2) is 1.70. The average Bonchev–Trinajstić information content (AvgIpc) is 2.36. The van der Waals surface area contributed by atoms with E-state index in [0.29, 0.717) is 5.65 Å². The van der Waals surface area contributed by atoms with E-state index in [2.05, 4.69) is 4.98 Å². The Morgan fingerprint density at radius 1 is 1.50 bits per heavy atom. The maximum atomic E-state index is 7.23. The van der Waals surface area contributed by atoms with Crippen molar-refractivity contribution in [1.29, 1.82) is 5.41 Å². The molecule has 0 aliphatic heterocycles. The Bertz CT molecular complexity index is 400. The molecular weight excluding hydrogens is 130 g/mol. The molecule has 0 aromatic carbocycles. The minimum atomic E-state index is 0.0903. The second-order valence-electron chi connectivity index (χ2n) is 1.89. The molecule has 0 saturated heterocycles. The summed E-state index contributed by atoms with van der Waals surface area (Å²) >= 11 is 0. The van der Waals surface area contributed by atoms with Crippen LogP contribution in [0.3, 0.4) is 0 Å². The van der Waals surface area contributed by atoms with Gasteiger partial charge in [0.15, 0.2) is 5.65 Å². The first-order chi connectivity index (χ1) is 4.88. The molecule has 50 valence electrons. The molecular formula is C6H5N3O. The molecule has 1 N–H and O–H groups in total. The zero-order chi connectivity index (χ0) is 6.97. The quantitative estimate of drug-likeness (QED) is 0.568. The van der Waals surface area contributed by atoms with Gasteiger partial charge in [-0.2, -0.15) is 0 Å². The first-order valence-corrected chi connectivity index (χ1v) is 2.83. The predicted molar refractivity (Wildman–Crippen MR) is 33.3 cm³/mol. The fourth-order valence-corrected chi connectivity index (χ4v) is 0.826. The number of imidazole rings is 1. The Balaban J connectivity index is 3.09. The predicted octanol–water partition coefficient (Wildman–Crippen LogP) is 0.407. The molecule has 0 atom stereocenters. The minimum absolute atomic E-state index is 0.0903. The van der Waals surface area contributed by atoms with Crippen molar-refractivity contribution >= 4 is 5.65 Å². The van der Waals surface area contributed by atoms with E-state index >= 15 is 0 Å². The van der Waals surface area contributed by atoms with Crippen LogP contribution in [0.4, 0.5) is 0 Å². The lowest BCUT2D eigenvalue weighted by molar-refractivity contribution is 0.484. The van der Waals surface area contributed by atoms with Gasteiger partial charge in [-0.25, -0.2) is 4.98 Å². The van der Waals surface area contributed by atoms with Crippen molar-refractivity contribution in [2.75, 3.05) is 0 Å². The molecule has 0 bridgehead atoms. The van der Waals surface area contributed by atoms with Gasteiger partial charge in [0.1, 0.15) is 6.26 Å². The van der Waals surface area contributed by atoms with Crippen LogP contribution < -0.4 is 5.55 Å². The summed E-state index contributed by atoms with van der Waals surface area (Å²) in [5.74, 6) is 0. The molecule has 0 fully saturated rings. The van der Waals surface area contributed by atoms with Gasteiger partial charge in [0.05, 0.1) is 0 Å². The zero-order valence-corrected chi connectivity index (χ0v) is 5.11. The second-order valence-corrected chi connectivity index (χ2v) is 1.89. The molecule has 2 aromatic rings. The van der Waals surface area contributed by atoms with Crippen LogP contribution in [0.1, 0.15) is 0 Å². The number of nitrogens with one attached hydrogen (secondary N) is 1. The maximum Gasteiger partial charge on any atom is 0.255 e. The fourth-order valence-electron chi connectivity index (χ4n) is 0.826. The van der Waals surface area contributed by atoms with Gasteiger partial charge in [0.2, 0.25) is 0 Å². The molecule has 0 aliphatic rings. The SMILES string of the molecule is N=c1occn2ccnc12. The number of aromatic nitrogens is 2. The summed E-state index contributed by atoms with van der Waals surface area (Å²) in [5.41, 5.74) is 0.634. The normalized spacial score (nSPS) is 10.4. The first kappa shape index (κ1) is 5.22. The van der Waals surface area contributed by atoms with E-state index in [4.69, 9.17) is 9.83 Å². The van der Waals surface area contributed by atoms with Crippen LogP contribution in [0, 0.1) is 5.41 Å². The van der Waals surface area contributed by atoms with Gasteiger partial charge in [0.25, 0.3) is 5.55 Å². The van der Waals surface area contributed by atoms with Gasteiger partial charge < -0.3 is 4.42 Å². The van der Waals surface area contributed by atoms with Gasteiger partial charge in [-0.1, -0.05) is 0 Å². The van der Waals surface area contributed by atoms with Crippen LogP contribution in [-0.4, -0.2) is 9.38 Å². The summed E-state index contributed by atoms with van der Waals surface area (Å²) in [6.07, 6.45) is 6.56. The molecule has 0 unspecified atom stereocenters. The van der Waals surface area contributed by atoms with Crippen molar-refractivity contribution in [3.05, 3.63) is 30.4 Å². The standard InChI is InChI=1S/C6H5N3O/c7-5-6-8-1-2-9(6)3-4-10-5/h1-4,7H. The Morgan fingerprint density at radius 3 is 3.20 bits per heavy atom. The van der Waals surface area contributed by atoms with Gasteiger partial charge >= 0.3 is 0 Å². The van der Waals surface area contributed by atoms with Crippen LogP contribution in [0.2, 0.25) is 0 Å². The van der Waals surface area contributed by atoms with Crippen molar-refractivity contribution < 1.29 is 4.42 Å². The third-order valence-corrected chi connectivity index (χ3v) is 1.28. The Hall–Kier alpha value is -1.58. The molecule has 0 saturated carbocycles. The van der Waals surface area contributed by atoms with Crippen LogP contribution >= 0.6 is 0 Å². The Labute approximate surface area is 56.3 Å². The summed E-state index contributed by atoms with van der Waals surface area (Å²) in [7, 11) is 0. The van der Waals surface area contributed by atoms with E-state index in [1.165, 1.54) is 6.26 Å². The molecule has 2 heterocycles. The number of rotatable bonds is 0. The fraction of sp³-hybridized carbons (Fsp3) is 0. The van der Waals surface area contributed by atoms with E-state index in [-0.39, 0.29) is 5.55 Å². The van der Waals surface area contributed by atoms with Crippen LogP contribution in [0.5, 0.6) is 0 Å². The van der Waals surface area contributed by atoms with Crippen LogP contribution in [0.15, 0.2) is 29.3 Å². The van der Waals surface area contributed by atoms with Gasteiger partial charge in [-0.05, 0) is 0 Å². The van der Waals surface area contributed by atoms with E-state index < -0.39 is 0 Å². The molecule has 4 nitrogen and oxygen atoms in total. The highest BCUT2D eigenvalue weighted by Gasteiger charge is 1.93. The molecule has 0 radical (unpaired) electrons. The molecule has 2 aromatic heterocycles. The number of hydrogen-bond donors (Lipinski definition) is 1. The Morgan fingerprint density at radius 2 is 2.40 bits per heavy atom. The molecule has 10 heavy (non-hydrogen) atoms. The van der Waals surface area contributed by atoms with E-state index in [0.717, 1.165) is 0 Å². The lowest BCUT2D eigenvalue weighted by atomic mass is 10.7. The molecule has 0 amide bonds. The smallest absolute Gasteiger partial charge is 0.255 e. The third kappa shape index (κ3) is 0.556. The molecule has 0 spiro atoms. The lowest BCUT2D eigenvalue weighted by Crippen LogP contribution is -2.02. The van der Waals surface area contributed by atoms with Crippen molar-refractivity contribution in [3.8, 4) is 0 Å². The number of nitrogens with zero attached hydrogens (tertiary/aromatic N) is 2. The maximum absolute atomic E-state index is 7.23. The zero-order valence-electron chi connectivity index (χ0n) is 5.11. The van der Waals surface area contributed by atoms with Crippen molar-refractivity contribution in [2.45, 2.75) is 0 Å². The van der Waals surface area contributed by atoms with Crippen LogP contribution in [-0.2, 0) is 0 Å². The van der Waals surface area contributed by atoms with Crippen molar-refractivity contribution in [3.63, 3.8) is 0 Å². The van der Waals surface area contributed by atoms with Crippen molar-refractivity contribution in [2.24, 2.45) is 0 Å². The van der Waals surface area contributed by atoms with Crippen molar-refractivity contribution in [1.82, 2.24) is 9.38 Å². The average molecular weight is 135 g/mol. The van der Waals surface area contributed by atoms with Gasteiger partial charge in [-0.15, -0.1) is 0 Å². The highest BCUT2D eigenvalue weighted by Crippen LogP contribution is 1.90. The van der Waals surface area contributed by atoms with Crippen LogP contribution in [0.25, 0.3) is 5.65 Å². The summed E-state index contributed by atoms with van der Waals surface area (Å²) in [6, 6.07) is 0. The minimum Gasteiger partial charge on any atom is -0.443 e. The molecule has 2 rings (SSSR count). The highest BCUT2D eigenvalue weighted by molar-refractivity contribution is 5.31. The largest absolute Gasteiger partial charge is 0.443 e. The van der Waals surface area contributed by atoms with E-state index in [1.807, 2.05) is 0 Å². The monoisotopic (exact) mass is 135 g/mol. The molecule has 0 aliphatic carbocycles. The number of hydrogen-bond acceptors (Lipinski definition) is 3. The summed E-state index contributed by atoms with van der Waals surface area (Å²) in [6.45, 7) is 0. The number of fused-ring (bicyclic) bond motifs is 1. The third-order valence-electron chi connectivity index (χ3n) is 1.28. The van der Waals surface area contributed by atoms with Gasteiger partial charge in [-0.3, -0.25) is 9.81 Å². The van der Waals surface area contributed by atoms with Gasteiger partial charge in [0, 0.05) is 18.6 Å². The topological polar surface area (TPSA) is 54.3 Å². The summed E-state index contributed by atoms with van der Waals surface area (Å²) in [5, 5.41) is 7.23. The molecule has 4 heteroatoms. The lowest BCUT2D eigenvalue weighted by Gasteiger charge is -1.87. The summed E-state index contributed by atoms with van der Waals surface area (Å²) < 4.78 is 6.51. The highest BCUT2D eigenvalue weighted by atomic mass is 16.3.